The van der Waals surface area contributed by atoms with Crippen LogP contribution >= 0.6 is 11.3 Å². The lowest BCUT2D eigenvalue weighted by atomic mass is 10.2. The van der Waals surface area contributed by atoms with E-state index in [0.29, 0.717) is 16.5 Å². The average Bonchev–Trinajstić information content (AvgIpc) is 3.10. The smallest absolute Gasteiger partial charge is 0.347 e. The van der Waals surface area contributed by atoms with Crippen LogP contribution in [0.2, 0.25) is 0 Å². The van der Waals surface area contributed by atoms with Gasteiger partial charge in [0.1, 0.15) is 15.6 Å². The topological polar surface area (TPSA) is 118 Å². The molecule has 3 aromatic heterocycles. The molecule has 0 bridgehead atoms. The number of aromatic amines is 1. The number of nitrogens with zero attached hydrogens (tertiary/aromatic N) is 5. The van der Waals surface area contributed by atoms with Crippen LogP contribution in [-0.2, 0) is 0 Å². The summed E-state index contributed by atoms with van der Waals surface area (Å²) in [6.07, 6.45) is 2.92. The van der Waals surface area contributed by atoms with E-state index in [9.17, 15) is 4.79 Å². The number of pyridine rings is 1. The summed E-state index contributed by atoms with van der Waals surface area (Å²) in [5.41, 5.74) is 1.30. The van der Waals surface area contributed by atoms with E-state index < -0.39 is 5.97 Å². The maximum Gasteiger partial charge on any atom is 0.347 e. The van der Waals surface area contributed by atoms with Gasteiger partial charge in [0.05, 0.1) is 6.20 Å². The Labute approximate surface area is 110 Å². The Hall–Kier alpha value is -2.68. The number of carboxylic acid groups (broad SMARTS) is 1. The molecule has 0 amide bonds. The molecule has 0 saturated heterocycles. The third-order valence-electron chi connectivity index (χ3n) is 2.30. The first kappa shape index (κ1) is 11.4. The summed E-state index contributed by atoms with van der Waals surface area (Å²) in [7, 11) is 0. The molecule has 0 aliphatic rings. The van der Waals surface area contributed by atoms with Crippen molar-refractivity contribution in [3.8, 4) is 22.1 Å². The minimum Gasteiger partial charge on any atom is -0.477 e. The van der Waals surface area contributed by atoms with E-state index in [1.54, 1.807) is 18.3 Å². The average molecular weight is 274 g/mol. The molecule has 0 radical (unpaired) electrons. The summed E-state index contributed by atoms with van der Waals surface area (Å²) in [6, 6.07) is 3.48. The highest BCUT2D eigenvalue weighted by molar-refractivity contribution is 7.16. The molecule has 0 fully saturated rings. The van der Waals surface area contributed by atoms with Gasteiger partial charge in [-0.15, -0.1) is 21.5 Å². The first-order chi connectivity index (χ1) is 9.24. The molecule has 3 aromatic rings. The van der Waals surface area contributed by atoms with Gasteiger partial charge in [-0.05, 0) is 17.3 Å². The normalized spacial score (nSPS) is 10.5. The van der Waals surface area contributed by atoms with Crippen molar-refractivity contribution in [1.82, 2.24) is 30.6 Å². The molecule has 0 aliphatic heterocycles. The highest BCUT2D eigenvalue weighted by atomic mass is 32.1. The van der Waals surface area contributed by atoms with Gasteiger partial charge in [0.15, 0.2) is 0 Å². The monoisotopic (exact) mass is 274 g/mol. The second-order valence-corrected chi connectivity index (χ2v) is 4.53. The van der Waals surface area contributed by atoms with Crippen molar-refractivity contribution in [2.75, 3.05) is 0 Å². The van der Waals surface area contributed by atoms with E-state index in [2.05, 4.69) is 30.6 Å². The Kier molecular flexibility index (Phi) is 2.72. The van der Waals surface area contributed by atoms with Gasteiger partial charge in [-0.1, -0.05) is 0 Å². The first-order valence-corrected chi connectivity index (χ1v) is 5.95. The van der Waals surface area contributed by atoms with E-state index in [0.717, 1.165) is 16.9 Å². The van der Waals surface area contributed by atoms with Crippen molar-refractivity contribution in [3.05, 3.63) is 29.4 Å². The molecule has 3 rings (SSSR count). The molecule has 0 spiro atoms. The van der Waals surface area contributed by atoms with Crippen LogP contribution in [0.4, 0.5) is 0 Å². The molecular formula is C10H6N6O2S. The molecule has 19 heavy (non-hydrogen) atoms. The van der Waals surface area contributed by atoms with Gasteiger partial charge in [0, 0.05) is 11.8 Å². The number of tetrazole rings is 1. The molecule has 0 aliphatic carbocycles. The van der Waals surface area contributed by atoms with Crippen LogP contribution in [0, 0.1) is 0 Å². The van der Waals surface area contributed by atoms with Crippen molar-refractivity contribution in [2.45, 2.75) is 0 Å². The number of nitrogens with one attached hydrogen (secondary N) is 1. The third-order valence-corrected chi connectivity index (χ3v) is 3.33. The van der Waals surface area contributed by atoms with Gasteiger partial charge in [0.2, 0.25) is 5.82 Å². The lowest BCUT2D eigenvalue weighted by Crippen LogP contribution is -1.89. The van der Waals surface area contributed by atoms with Crippen LogP contribution in [0.25, 0.3) is 22.1 Å². The maximum atomic E-state index is 10.8. The number of H-pyrrole nitrogens is 1. The molecule has 0 aromatic carbocycles. The molecule has 0 unspecified atom stereocenters. The van der Waals surface area contributed by atoms with E-state index in [1.165, 1.54) is 6.20 Å². The number of thiazole rings is 1. The maximum absolute atomic E-state index is 10.8. The van der Waals surface area contributed by atoms with E-state index >= 15 is 0 Å². The Morgan fingerprint density at radius 2 is 2.26 bits per heavy atom. The largest absolute Gasteiger partial charge is 0.477 e. The Morgan fingerprint density at radius 1 is 1.37 bits per heavy atom. The number of rotatable bonds is 3. The highest BCUT2D eigenvalue weighted by Gasteiger charge is 2.12. The van der Waals surface area contributed by atoms with Crippen LogP contribution in [0.1, 0.15) is 9.67 Å². The fourth-order valence-corrected chi connectivity index (χ4v) is 2.21. The molecule has 9 heteroatoms. The summed E-state index contributed by atoms with van der Waals surface area (Å²) in [4.78, 5) is 19.2. The van der Waals surface area contributed by atoms with Crippen LogP contribution in [0.15, 0.2) is 24.5 Å². The van der Waals surface area contributed by atoms with Gasteiger partial charge in [0.25, 0.3) is 0 Å². The fourth-order valence-electron chi connectivity index (χ4n) is 1.46. The van der Waals surface area contributed by atoms with Crippen molar-refractivity contribution in [1.29, 1.82) is 0 Å². The molecule has 94 valence electrons. The summed E-state index contributed by atoms with van der Waals surface area (Å²) in [5.74, 6) is -0.618. The minimum absolute atomic E-state index is 0.188. The van der Waals surface area contributed by atoms with Crippen LogP contribution in [-0.4, -0.2) is 41.7 Å². The van der Waals surface area contributed by atoms with Gasteiger partial charge < -0.3 is 5.11 Å². The van der Waals surface area contributed by atoms with Crippen molar-refractivity contribution in [2.24, 2.45) is 0 Å². The highest BCUT2D eigenvalue weighted by Crippen LogP contribution is 2.26. The Morgan fingerprint density at radius 3 is 2.95 bits per heavy atom. The van der Waals surface area contributed by atoms with Crippen LogP contribution in [0.3, 0.4) is 0 Å². The molecule has 0 saturated carbocycles. The molecule has 8 nitrogen and oxygen atoms in total. The summed E-state index contributed by atoms with van der Waals surface area (Å²) in [5, 5.41) is 23.0. The van der Waals surface area contributed by atoms with E-state index in [-0.39, 0.29) is 4.88 Å². The predicted octanol–water partition coefficient (Wildman–Crippen LogP) is 1.08. The second-order valence-electron chi connectivity index (χ2n) is 3.50. The Bertz CT molecular complexity index is 723. The number of aromatic nitrogens is 6. The number of carboxylic acids is 1. The quantitative estimate of drug-likeness (QED) is 0.733. The van der Waals surface area contributed by atoms with Crippen LogP contribution in [0.5, 0.6) is 0 Å². The first-order valence-electron chi connectivity index (χ1n) is 5.13. The van der Waals surface area contributed by atoms with Gasteiger partial charge in [-0.2, -0.15) is 5.21 Å². The van der Waals surface area contributed by atoms with E-state index in [1.807, 2.05) is 0 Å². The predicted molar refractivity (Wildman–Crippen MR) is 65.5 cm³/mol. The van der Waals surface area contributed by atoms with Gasteiger partial charge in [-0.3, -0.25) is 4.98 Å². The fraction of sp³-hybridized carbons (Fsp3) is 0. The zero-order chi connectivity index (χ0) is 13.2. The Balaban J connectivity index is 2.01. The zero-order valence-electron chi connectivity index (χ0n) is 9.31. The van der Waals surface area contributed by atoms with Gasteiger partial charge in [-0.25, -0.2) is 9.78 Å². The molecule has 3 heterocycles. The molecular weight excluding hydrogens is 268 g/mol. The van der Waals surface area contributed by atoms with Crippen molar-refractivity contribution in [3.63, 3.8) is 0 Å². The second kappa shape index (κ2) is 4.53. The lowest BCUT2D eigenvalue weighted by Gasteiger charge is -1.97. The number of hydrogen-bond acceptors (Lipinski definition) is 7. The number of aromatic carboxylic acids is 1. The number of carbonyl (C=O) groups is 1. The summed E-state index contributed by atoms with van der Waals surface area (Å²) >= 11 is 1.10. The standard InChI is InChI=1S/C10H6N6O2S/c17-10(18)7-4-12-9(19-7)5-1-2-11-6(3-5)8-13-15-16-14-8/h1-4H,(H,17,18)(H,13,14,15,16). The summed E-state index contributed by atoms with van der Waals surface area (Å²) < 4.78 is 0. The third kappa shape index (κ3) is 2.18. The SMILES string of the molecule is O=C(O)c1cnc(-c2ccnc(-c3nn[nH]n3)c2)s1. The number of hydrogen-bond donors (Lipinski definition) is 2. The minimum atomic E-state index is -0.990. The van der Waals surface area contributed by atoms with Gasteiger partial charge >= 0.3 is 5.97 Å². The summed E-state index contributed by atoms with van der Waals surface area (Å²) in [6.45, 7) is 0. The van der Waals surface area contributed by atoms with Crippen molar-refractivity contribution < 1.29 is 9.90 Å². The molecule has 2 N–H and O–H groups in total. The zero-order valence-corrected chi connectivity index (χ0v) is 10.1. The van der Waals surface area contributed by atoms with Crippen molar-refractivity contribution >= 4 is 17.3 Å². The lowest BCUT2D eigenvalue weighted by molar-refractivity contribution is 0.0702. The van der Waals surface area contributed by atoms with E-state index in [4.69, 9.17) is 5.11 Å². The molecule has 0 atom stereocenters. The van der Waals surface area contributed by atoms with Crippen LogP contribution < -0.4 is 0 Å².